The molecule has 2 rings (SSSR count). The summed E-state index contributed by atoms with van der Waals surface area (Å²) in [7, 11) is 2.09. The Hall–Kier alpha value is -0.0800. The fourth-order valence-electron chi connectivity index (χ4n) is 2.08. The lowest BCUT2D eigenvalue weighted by molar-refractivity contribution is 0.136. The number of likely N-dealkylation sites (tertiary alicyclic amines) is 1. The standard InChI is InChI=1S/C9H17NO/c1-10-5-8(9(11)6-10)4-7-2-3-7/h7-9,11H,2-6H2,1H3/t8-,9-/m0/s1. The molecular weight excluding hydrogens is 138 g/mol. The molecule has 2 nitrogen and oxygen atoms in total. The monoisotopic (exact) mass is 155 g/mol. The molecule has 64 valence electrons. The van der Waals surface area contributed by atoms with Gasteiger partial charge in [-0.15, -0.1) is 0 Å². The van der Waals surface area contributed by atoms with Gasteiger partial charge in [0, 0.05) is 13.1 Å². The smallest absolute Gasteiger partial charge is 0.0707 e. The quantitative estimate of drug-likeness (QED) is 0.635. The first-order chi connectivity index (χ1) is 5.25. The summed E-state index contributed by atoms with van der Waals surface area (Å²) in [5.74, 6) is 1.54. The maximum Gasteiger partial charge on any atom is 0.0707 e. The first kappa shape index (κ1) is 7.56. The van der Waals surface area contributed by atoms with Crippen LogP contribution in [0.15, 0.2) is 0 Å². The van der Waals surface area contributed by atoms with E-state index in [2.05, 4.69) is 11.9 Å². The van der Waals surface area contributed by atoms with Crippen LogP contribution in [0.25, 0.3) is 0 Å². The van der Waals surface area contributed by atoms with Gasteiger partial charge in [-0.25, -0.2) is 0 Å². The van der Waals surface area contributed by atoms with Crippen LogP contribution >= 0.6 is 0 Å². The molecular formula is C9H17NO. The summed E-state index contributed by atoms with van der Waals surface area (Å²) in [6.45, 7) is 2.00. The summed E-state index contributed by atoms with van der Waals surface area (Å²) in [4.78, 5) is 2.23. The second-order valence-electron chi connectivity index (χ2n) is 4.23. The van der Waals surface area contributed by atoms with Crippen molar-refractivity contribution in [2.45, 2.75) is 25.4 Å². The van der Waals surface area contributed by atoms with Crippen molar-refractivity contribution >= 4 is 0 Å². The van der Waals surface area contributed by atoms with Gasteiger partial charge in [-0.1, -0.05) is 12.8 Å². The number of nitrogens with zero attached hydrogens (tertiary/aromatic N) is 1. The molecule has 0 aromatic rings. The molecule has 0 aromatic carbocycles. The van der Waals surface area contributed by atoms with Gasteiger partial charge in [0.1, 0.15) is 0 Å². The maximum atomic E-state index is 9.59. The van der Waals surface area contributed by atoms with Crippen LogP contribution in [0.2, 0.25) is 0 Å². The minimum Gasteiger partial charge on any atom is -0.391 e. The lowest BCUT2D eigenvalue weighted by Gasteiger charge is -2.11. The Morgan fingerprint density at radius 3 is 2.55 bits per heavy atom. The SMILES string of the molecule is CN1C[C@H](CC2CC2)[C@@H](O)C1. The Kier molecular flexibility index (Phi) is 1.90. The lowest BCUT2D eigenvalue weighted by Crippen LogP contribution is -2.18. The molecule has 2 atom stereocenters. The van der Waals surface area contributed by atoms with Gasteiger partial charge in [-0.3, -0.25) is 0 Å². The molecule has 0 unspecified atom stereocenters. The predicted molar refractivity (Wildman–Crippen MR) is 44.3 cm³/mol. The minimum absolute atomic E-state index is 0.0411. The normalized spacial score (nSPS) is 39.8. The van der Waals surface area contributed by atoms with Crippen LogP contribution in [0.3, 0.4) is 0 Å². The Balaban J connectivity index is 1.82. The summed E-state index contributed by atoms with van der Waals surface area (Å²) in [5, 5.41) is 9.59. The van der Waals surface area contributed by atoms with Crippen molar-refractivity contribution in [3.63, 3.8) is 0 Å². The van der Waals surface area contributed by atoms with E-state index in [4.69, 9.17) is 0 Å². The van der Waals surface area contributed by atoms with Crippen LogP contribution < -0.4 is 0 Å². The number of β-amino-alcohol motifs (C(OH)–C–C–N with tert-alkyl or cyclic N) is 1. The average molecular weight is 155 g/mol. The van der Waals surface area contributed by atoms with Gasteiger partial charge in [-0.05, 0) is 25.3 Å². The fraction of sp³-hybridized carbons (Fsp3) is 1.00. The summed E-state index contributed by atoms with van der Waals surface area (Å²) < 4.78 is 0. The highest BCUT2D eigenvalue weighted by molar-refractivity contribution is 4.86. The van der Waals surface area contributed by atoms with Crippen LogP contribution in [0.5, 0.6) is 0 Å². The van der Waals surface area contributed by atoms with Crippen LogP contribution in [0.1, 0.15) is 19.3 Å². The van der Waals surface area contributed by atoms with Crippen LogP contribution in [0, 0.1) is 11.8 Å². The minimum atomic E-state index is -0.0411. The largest absolute Gasteiger partial charge is 0.391 e. The van der Waals surface area contributed by atoms with Gasteiger partial charge in [0.15, 0.2) is 0 Å². The van der Waals surface area contributed by atoms with E-state index in [0.29, 0.717) is 5.92 Å². The molecule has 0 aromatic heterocycles. The molecule has 0 amide bonds. The summed E-state index contributed by atoms with van der Waals surface area (Å²) in [6.07, 6.45) is 4.05. The molecule has 1 aliphatic heterocycles. The maximum absolute atomic E-state index is 9.59. The molecule has 1 saturated carbocycles. The summed E-state index contributed by atoms with van der Waals surface area (Å²) in [6, 6.07) is 0. The number of aliphatic hydroxyl groups is 1. The van der Waals surface area contributed by atoms with E-state index in [9.17, 15) is 5.11 Å². The highest BCUT2D eigenvalue weighted by Crippen LogP contribution is 2.37. The molecule has 1 saturated heterocycles. The van der Waals surface area contributed by atoms with Crippen molar-refractivity contribution in [1.29, 1.82) is 0 Å². The van der Waals surface area contributed by atoms with Crippen molar-refractivity contribution in [2.24, 2.45) is 11.8 Å². The zero-order valence-corrected chi connectivity index (χ0v) is 7.16. The fourth-order valence-corrected chi connectivity index (χ4v) is 2.08. The van der Waals surface area contributed by atoms with Crippen molar-refractivity contribution in [2.75, 3.05) is 20.1 Å². The summed E-state index contributed by atoms with van der Waals surface area (Å²) >= 11 is 0. The van der Waals surface area contributed by atoms with E-state index in [0.717, 1.165) is 19.0 Å². The highest BCUT2D eigenvalue weighted by Gasteiger charge is 2.34. The van der Waals surface area contributed by atoms with E-state index in [-0.39, 0.29) is 6.10 Å². The highest BCUT2D eigenvalue weighted by atomic mass is 16.3. The number of hydrogen-bond acceptors (Lipinski definition) is 2. The first-order valence-corrected chi connectivity index (χ1v) is 4.62. The first-order valence-electron chi connectivity index (χ1n) is 4.62. The second-order valence-corrected chi connectivity index (χ2v) is 4.23. The van der Waals surface area contributed by atoms with Crippen molar-refractivity contribution in [3.05, 3.63) is 0 Å². The van der Waals surface area contributed by atoms with E-state index in [1.54, 1.807) is 0 Å². The predicted octanol–water partition coefficient (Wildman–Crippen LogP) is 0.709. The summed E-state index contributed by atoms with van der Waals surface area (Å²) in [5.41, 5.74) is 0. The van der Waals surface area contributed by atoms with Crippen molar-refractivity contribution in [1.82, 2.24) is 4.90 Å². The third-order valence-electron chi connectivity index (χ3n) is 2.92. The molecule has 2 aliphatic rings. The van der Waals surface area contributed by atoms with Crippen molar-refractivity contribution in [3.8, 4) is 0 Å². The zero-order chi connectivity index (χ0) is 7.84. The van der Waals surface area contributed by atoms with E-state index in [1.807, 2.05) is 0 Å². The van der Waals surface area contributed by atoms with Gasteiger partial charge in [0.05, 0.1) is 6.10 Å². The van der Waals surface area contributed by atoms with Crippen LogP contribution in [-0.4, -0.2) is 36.2 Å². The molecule has 0 bridgehead atoms. The lowest BCUT2D eigenvalue weighted by atomic mass is 9.99. The average Bonchev–Trinajstić information content (AvgIpc) is 2.64. The molecule has 1 heterocycles. The van der Waals surface area contributed by atoms with Crippen LogP contribution in [-0.2, 0) is 0 Å². The molecule has 1 N–H and O–H groups in total. The van der Waals surface area contributed by atoms with E-state index in [1.165, 1.54) is 19.3 Å². The number of likely N-dealkylation sites (N-methyl/N-ethyl adjacent to an activating group) is 1. The number of rotatable bonds is 2. The number of hydrogen-bond donors (Lipinski definition) is 1. The van der Waals surface area contributed by atoms with Gasteiger partial charge >= 0.3 is 0 Å². The molecule has 11 heavy (non-hydrogen) atoms. The Labute approximate surface area is 68.2 Å². The third kappa shape index (κ3) is 1.74. The Morgan fingerprint density at radius 1 is 1.36 bits per heavy atom. The van der Waals surface area contributed by atoms with Crippen molar-refractivity contribution < 1.29 is 5.11 Å². The second kappa shape index (κ2) is 2.76. The Morgan fingerprint density at radius 2 is 2.09 bits per heavy atom. The van der Waals surface area contributed by atoms with Gasteiger partial charge in [0.2, 0.25) is 0 Å². The molecule has 2 fully saturated rings. The van der Waals surface area contributed by atoms with Crippen LogP contribution in [0.4, 0.5) is 0 Å². The molecule has 0 radical (unpaired) electrons. The topological polar surface area (TPSA) is 23.5 Å². The molecule has 2 heteroatoms. The van der Waals surface area contributed by atoms with Gasteiger partial charge in [-0.2, -0.15) is 0 Å². The van der Waals surface area contributed by atoms with E-state index < -0.39 is 0 Å². The number of aliphatic hydroxyl groups excluding tert-OH is 1. The molecule has 1 aliphatic carbocycles. The zero-order valence-electron chi connectivity index (χ0n) is 7.16. The third-order valence-corrected chi connectivity index (χ3v) is 2.92. The Bertz CT molecular complexity index is 144. The van der Waals surface area contributed by atoms with Gasteiger partial charge < -0.3 is 10.0 Å². The van der Waals surface area contributed by atoms with E-state index >= 15 is 0 Å². The van der Waals surface area contributed by atoms with Gasteiger partial charge in [0.25, 0.3) is 0 Å². The molecule has 0 spiro atoms.